The lowest BCUT2D eigenvalue weighted by atomic mass is 9.84. The number of dihydropyridines is 1. The van der Waals surface area contributed by atoms with Gasteiger partial charge in [-0.2, -0.15) is 5.26 Å². The van der Waals surface area contributed by atoms with Crippen LogP contribution in [-0.2, 0) is 16.1 Å². The van der Waals surface area contributed by atoms with Crippen molar-refractivity contribution in [2.45, 2.75) is 32.7 Å². The molecule has 3 N–H and O–H groups in total. The van der Waals surface area contributed by atoms with Crippen molar-refractivity contribution in [1.29, 1.82) is 5.26 Å². The van der Waals surface area contributed by atoms with Gasteiger partial charge in [0.15, 0.2) is 17.5 Å². The van der Waals surface area contributed by atoms with Crippen molar-refractivity contribution in [1.82, 2.24) is 10.6 Å². The van der Waals surface area contributed by atoms with Crippen LogP contribution in [0, 0.1) is 28.9 Å². The highest BCUT2D eigenvalue weighted by Crippen LogP contribution is 2.41. The summed E-state index contributed by atoms with van der Waals surface area (Å²) in [6, 6.07) is 8.62. The lowest BCUT2D eigenvalue weighted by molar-refractivity contribution is -0.136. The second-order valence-corrected chi connectivity index (χ2v) is 9.16. The van der Waals surface area contributed by atoms with Crippen molar-refractivity contribution >= 4 is 23.2 Å². The highest BCUT2D eigenvalue weighted by molar-refractivity contribution is 7.14. The quantitative estimate of drug-likeness (QED) is 0.499. The van der Waals surface area contributed by atoms with Crippen LogP contribution in [0.5, 0.6) is 0 Å². The summed E-state index contributed by atoms with van der Waals surface area (Å²) in [5.41, 5.74) is 1.01. The zero-order valence-electron chi connectivity index (χ0n) is 18.7. The number of nitrogens with zero attached hydrogens (tertiary/aromatic N) is 1. The number of benzene rings is 1. The van der Waals surface area contributed by atoms with Gasteiger partial charge in [0.25, 0.3) is 5.91 Å². The second-order valence-electron chi connectivity index (χ2n) is 8.05. The van der Waals surface area contributed by atoms with Gasteiger partial charge in [-0.3, -0.25) is 4.79 Å². The van der Waals surface area contributed by atoms with E-state index in [1.54, 1.807) is 6.07 Å². The average molecular weight is 488 g/mol. The number of ether oxygens (including phenoxy) is 1. The number of allylic oxidation sites excluding steroid dienone is 2. The molecule has 1 aliphatic rings. The number of esters is 1. The summed E-state index contributed by atoms with van der Waals surface area (Å²) in [6.07, 6.45) is 0.463. The van der Waals surface area contributed by atoms with Crippen LogP contribution >= 0.6 is 11.3 Å². The summed E-state index contributed by atoms with van der Waals surface area (Å²) < 4.78 is 31.3. The first-order valence-electron chi connectivity index (χ1n) is 10.4. The number of halogens is 2. The Labute approximate surface area is 199 Å². The van der Waals surface area contributed by atoms with E-state index in [9.17, 15) is 28.7 Å². The van der Waals surface area contributed by atoms with Crippen molar-refractivity contribution in [3.8, 4) is 6.07 Å². The Balaban J connectivity index is 1.91. The number of thiophene rings is 1. The van der Waals surface area contributed by atoms with Gasteiger partial charge in [-0.15, -0.1) is 11.3 Å². The molecule has 0 saturated carbocycles. The van der Waals surface area contributed by atoms with Gasteiger partial charge < -0.3 is 20.5 Å². The van der Waals surface area contributed by atoms with Crippen molar-refractivity contribution in [2.24, 2.45) is 5.92 Å². The molecule has 1 aromatic carbocycles. The topological polar surface area (TPSA) is 111 Å². The summed E-state index contributed by atoms with van der Waals surface area (Å²) in [5, 5.41) is 25.8. The fraction of sp³-hybridized carbons (Fsp3) is 0.292. The van der Waals surface area contributed by atoms with Crippen LogP contribution in [0.3, 0.4) is 0 Å². The molecule has 0 spiro atoms. The molecular formula is C24H23F2N3O4S. The van der Waals surface area contributed by atoms with Crippen LogP contribution in [0.15, 0.2) is 53.1 Å². The number of hydrogen-bond donors (Lipinski definition) is 3. The Morgan fingerprint density at radius 2 is 2.00 bits per heavy atom. The van der Waals surface area contributed by atoms with Crippen molar-refractivity contribution in [2.75, 3.05) is 7.11 Å². The number of carbonyl (C=O) groups is 2. The van der Waals surface area contributed by atoms with E-state index in [0.29, 0.717) is 22.6 Å². The van der Waals surface area contributed by atoms with Crippen LogP contribution in [0.25, 0.3) is 0 Å². The number of rotatable bonds is 7. The number of nitrogens with one attached hydrogen (secondary N) is 2. The second kappa shape index (κ2) is 10.5. The molecule has 10 heteroatoms. The molecule has 1 unspecified atom stereocenters. The molecule has 0 saturated heterocycles. The summed E-state index contributed by atoms with van der Waals surface area (Å²) >= 11 is 1.05. The smallest absolute Gasteiger partial charge is 0.340 e. The first-order chi connectivity index (χ1) is 16.2. The molecule has 0 bridgehead atoms. The van der Waals surface area contributed by atoms with Gasteiger partial charge in [-0.25, -0.2) is 13.6 Å². The Morgan fingerprint density at radius 3 is 2.62 bits per heavy atom. The van der Waals surface area contributed by atoms with E-state index in [2.05, 4.69) is 16.7 Å². The van der Waals surface area contributed by atoms with Crippen molar-refractivity contribution in [3.05, 3.63) is 80.0 Å². The zero-order chi connectivity index (χ0) is 25.0. The van der Waals surface area contributed by atoms with Crippen molar-refractivity contribution in [3.63, 3.8) is 0 Å². The fourth-order valence-electron chi connectivity index (χ4n) is 3.59. The Morgan fingerprint density at radius 1 is 1.26 bits per heavy atom. The number of aliphatic hydroxyl groups excluding tert-OH is 1. The largest absolute Gasteiger partial charge is 0.494 e. The summed E-state index contributed by atoms with van der Waals surface area (Å²) in [7, 11) is 1.17. The van der Waals surface area contributed by atoms with Crippen LogP contribution in [0.4, 0.5) is 8.78 Å². The van der Waals surface area contributed by atoms with E-state index in [0.717, 1.165) is 23.5 Å². The predicted octanol–water partition coefficient (Wildman–Crippen LogP) is 4.41. The summed E-state index contributed by atoms with van der Waals surface area (Å²) in [4.78, 5) is 25.9. The van der Waals surface area contributed by atoms with E-state index in [1.807, 2.05) is 13.8 Å². The van der Waals surface area contributed by atoms with Gasteiger partial charge in [0.1, 0.15) is 5.57 Å². The van der Waals surface area contributed by atoms with Crippen LogP contribution < -0.4 is 10.6 Å². The van der Waals surface area contributed by atoms with Crippen LogP contribution in [0.2, 0.25) is 0 Å². The molecular weight excluding hydrogens is 464 g/mol. The highest BCUT2D eigenvalue weighted by atomic mass is 32.1. The minimum atomic E-state index is -1.01. The molecule has 2 aromatic rings. The third kappa shape index (κ3) is 5.26. The molecule has 0 aliphatic carbocycles. The minimum absolute atomic E-state index is 0.0212. The van der Waals surface area contributed by atoms with Crippen LogP contribution in [-0.4, -0.2) is 24.1 Å². The maximum Gasteiger partial charge on any atom is 0.340 e. The third-order valence-electron chi connectivity index (χ3n) is 5.14. The van der Waals surface area contributed by atoms with E-state index in [-0.39, 0.29) is 28.5 Å². The van der Waals surface area contributed by atoms with Gasteiger partial charge in [0.2, 0.25) is 0 Å². The number of hydrogen-bond acceptors (Lipinski definition) is 7. The first-order valence-corrected chi connectivity index (χ1v) is 11.2. The minimum Gasteiger partial charge on any atom is -0.494 e. The molecule has 2 heterocycles. The molecule has 1 amide bonds. The third-order valence-corrected chi connectivity index (χ3v) is 6.29. The number of nitriles is 1. The fourth-order valence-corrected chi connectivity index (χ4v) is 4.64. The van der Waals surface area contributed by atoms with E-state index < -0.39 is 35.3 Å². The Hall–Kier alpha value is -3.71. The SMILES string of the molecule is COC(=O)C1=C(O)NC(CC(C)C)=C(C#N)C1c1ccc(C(=O)NCc2ccc(F)c(F)c2)s1. The zero-order valence-corrected chi connectivity index (χ0v) is 19.6. The standard InChI is InChI=1S/C24H23F2N3O4S/c1-12(2)8-17-14(10-27)20(21(23(31)29-17)24(32)33-3)18-6-7-19(34-18)22(30)28-11-13-4-5-15(25)16(26)9-13/h4-7,9,12,20,29,31H,8,11H2,1-3H3,(H,28,30). The molecule has 1 atom stereocenters. The number of carbonyl (C=O) groups excluding carboxylic acids is 2. The average Bonchev–Trinajstić information content (AvgIpc) is 3.28. The molecule has 0 radical (unpaired) electrons. The molecule has 1 aliphatic heterocycles. The predicted molar refractivity (Wildman–Crippen MR) is 121 cm³/mol. The normalized spacial score (nSPS) is 15.7. The van der Waals surface area contributed by atoms with E-state index in [1.165, 1.54) is 19.2 Å². The molecule has 34 heavy (non-hydrogen) atoms. The van der Waals surface area contributed by atoms with Gasteiger partial charge >= 0.3 is 5.97 Å². The lowest BCUT2D eigenvalue weighted by Gasteiger charge is -2.27. The molecule has 178 valence electrons. The van der Waals surface area contributed by atoms with E-state index in [4.69, 9.17) is 4.74 Å². The van der Waals surface area contributed by atoms with Crippen LogP contribution in [0.1, 0.15) is 46.3 Å². The molecule has 0 fully saturated rings. The molecule has 3 rings (SSSR count). The van der Waals surface area contributed by atoms with E-state index >= 15 is 0 Å². The highest BCUT2D eigenvalue weighted by Gasteiger charge is 2.37. The Bertz CT molecular complexity index is 1230. The maximum atomic E-state index is 13.4. The molecule has 7 nitrogen and oxygen atoms in total. The monoisotopic (exact) mass is 487 g/mol. The number of aliphatic hydroxyl groups is 1. The number of amides is 1. The van der Waals surface area contributed by atoms with Gasteiger partial charge in [0, 0.05) is 17.1 Å². The molecule has 1 aromatic heterocycles. The first kappa shape index (κ1) is 24.9. The summed E-state index contributed by atoms with van der Waals surface area (Å²) in [5.74, 6) is -4.40. The summed E-state index contributed by atoms with van der Waals surface area (Å²) in [6.45, 7) is 3.89. The van der Waals surface area contributed by atoms with Gasteiger partial charge in [0.05, 0.1) is 29.5 Å². The van der Waals surface area contributed by atoms with Crippen molar-refractivity contribution < 1.29 is 28.2 Å². The number of methoxy groups -OCH3 is 1. The Kier molecular flexibility index (Phi) is 7.68. The lowest BCUT2D eigenvalue weighted by Crippen LogP contribution is -2.30. The maximum absolute atomic E-state index is 13.4. The van der Waals surface area contributed by atoms with Gasteiger partial charge in [-0.1, -0.05) is 19.9 Å². The van der Waals surface area contributed by atoms with Gasteiger partial charge in [-0.05, 0) is 42.2 Å².